The number of carbonyl (C=O) groups is 1. The highest BCUT2D eigenvalue weighted by atomic mass is 19.4. The van der Waals surface area contributed by atoms with Crippen LogP contribution in [0.15, 0.2) is 42.5 Å². The van der Waals surface area contributed by atoms with Gasteiger partial charge in [-0.15, -0.1) is 0 Å². The molecule has 146 valence electrons. The van der Waals surface area contributed by atoms with Gasteiger partial charge in [0.15, 0.2) is 11.5 Å². The first-order valence-corrected chi connectivity index (χ1v) is 8.23. The zero-order valence-electron chi connectivity index (χ0n) is 15.0. The number of methoxy groups -OCH3 is 2. The first kappa shape index (κ1) is 20.6. The van der Waals surface area contributed by atoms with Crippen molar-refractivity contribution in [3.63, 3.8) is 0 Å². The van der Waals surface area contributed by atoms with E-state index in [-0.39, 0.29) is 12.1 Å². The highest BCUT2D eigenvalue weighted by Crippen LogP contribution is 2.34. The van der Waals surface area contributed by atoms with Crippen LogP contribution in [0.3, 0.4) is 0 Å². The third-order valence-corrected chi connectivity index (χ3v) is 3.81. The van der Waals surface area contributed by atoms with E-state index in [1.165, 1.54) is 25.3 Å². The van der Waals surface area contributed by atoms with E-state index in [4.69, 9.17) is 9.47 Å². The molecule has 27 heavy (non-hydrogen) atoms. The number of rotatable bonds is 8. The normalized spacial score (nSPS) is 11.1. The Morgan fingerprint density at radius 3 is 2.41 bits per heavy atom. The molecule has 8 heteroatoms. The maximum absolute atomic E-state index is 12.9. The Morgan fingerprint density at radius 1 is 1.04 bits per heavy atom. The summed E-state index contributed by atoms with van der Waals surface area (Å²) in [5, 5.41) is 5.39. The van der Waals surface area contributed by atoms with Crippen LogP contribution in [0.1, 0.15) is 17.5 Å². The fourth-order valence-electron chi connectivity index (χ4n) is 2.48. The fraction of sp³-hybridized carbons (Fsp3) is 0.316. The molecule has 0 aromatic heterocycles. The van der Waals surface area contributed by atoms with Crippen molar-refractivity contribution in [3.8, 4) is 11.5 Å². The van der Waals surface area contributed by atoms with Gasteiger partial charge < -0.3 is 20.1 Å². The average Bonchev–Trinajstić information content (AvgIpc) is 2.64. The van der Waals surface area contributed by atoms with Crippen LogP contribution in [0.2, 0.25) is 0 Å². The predicted molar refractivity (Wildman–Crippen MR) is 95.9 cm³/mol. The maximum atomic E-state index is 12.9. The molecular formula is C19H21F3N2O3. The smallest absolute Gasteiger partial charge is 0.418 e. The lowest BCUT2D eigenvalue weighted by atomic mass is 10.1. The maximum Gasteiger partial charge on any atom is 0.418 e. The lowest BCUT2D eigenvalue weighted by Crippen LogP contribution is -2.22. The van der Waals surface area contributed by atoms with Crippen LogP contribution in [0.25, 0.3) is 0 Å². The van der Waals surface area contributed by atoms with Crippen molar-refractivity contribution >= 4 is 11.6 Å². The summed E-state index contributed by atoms with van der Waals surface area (Å²) < 4.78 is 49.2. The topological polar surface area (TPSA) is 59.6 Å². The van der Waals surface area contributed by atoms with Crippen LogP contribution in [-0.2, 0) is 17.5 Å². The molecule has 2 rings (SSSR count). The summed E-state index contributed by atoms with van der Waals surface area (Å²) in [5.74, 6) is 0.716. The third kappa shape index (κ3) is 5.89. The molecule has 0 aliphatic rings. The van der Waals surface area contributed by atoms with Gasteiger partial charge in [-0.05, 0) is 29.8 Å². The van der Waals surface area contributed by atoms with Gasteiger partial charge in [-0.1, -0.05) is 18.2 Å². The Kier molecular flexibility index (Phi) is 7.06. The second kappa shape index (κ2) is 9.27. The molecule has 0 saturated carbocycles. The molecule has 0 radical (unpaired) electrons. The lowest BCUT2D eigenvalue weighted by molar-refractivity contribution is -0.137. The van der Waals surface area contributed by atoms with Crippen LogP contribution in [0.4, 0.5) is 18.9 Å². The van der Waals surface area contributed by atoms with E-state index in [0.29, 0.717) is 24.6 Å². The average molecular weight is 382 g/mol. The van der Waals surface area contributed by atoms with E-state index >= 15 is 0 Å². The molecule has 5 nitrogen and oxygen atoms in total. The number of nitrogens with one attached hydrogen (secondary N) is 2. The quantitative estimate of drug-likeness (QED) is 0.681. The Morgan fingerprint density at radius 2 is 1.74 bits per heavy atom. The number of ether oxygens (including phenoxy) is 2. The van der Waals surface area contributed by atoms with E-state index in [1.807, 2.05) is 12.1 Å². The van der Waals surface area contributed by atoms with Gasteiger partial charge in [-0.25, -0.2) is 0 Å². The number of para-hydroxylation sites is 1. The zero-order chi connectivity index (χ0) is 19.9. The van der Waals surface area contributed by atoms with Crippen molar-refractivity contribution in [2.45, 2.75) is 19.1 Å². The van der Waals surface area contributed by atoms with Crippen molar-refractivity contribution in [3.05, 3.63) is 53.6 Å². The number of halogens is 3. The molecule has 0 unspecified atom stereocenters. The zero-order valence-corrected chi connectivity index (χ0v) is 15.0. The minimum atomic E-state index is -4.52. The first-order valence-electron chi connectivity index (χ1n) is 8.23. The molecule has 2 N–H and O–H groups in total. The van der Waals surface area contributed by atoms with Crippen LogP contribution in [-0.4, -0.2) is 26.7 Å². The van der Waals surface area contributed by atoms with Gasteiger partial charge in [0.25, 0.3) is 0 Å². The van der Waals surface area contributed by atoms with Gasteiger partial charge in [-0.3, -0.25) is 4.79 Å². The summed E-state index contributed by atoms with van der Waals surface area (Å²) in [7, 11) is 3.09. The highest BCUT2D eigenvalue weighted by Gasteiger charge is 2.33. The molecule has 1 amide bonds. The second-order valence-corrected chi connectivity index (χ2v) is 5.71. The number of carbonyl (C=O) groups excluding carboxylic acids is 1. The molecule has 0 fully saturated rings. The van der Waals surface area contributed by atoms with Crippen molar-refractivity contribution in [1.29, 1.82) is 0 Å². The molecule has 0 aliphatic carbocycles. The second-order valence-electron chi connectivity index (χ2n) is 5.71. The minimum absolute atomic E-state index is 0.0412. The van der Waals surface area contributed by atoms with Crippen molar-refractivity contribution < 1.29 is 27.4 Å². The van der Waals surface area contributed by atoms with Crippen molar-refractivity contribution in [1.82, 2.24) is 5.32 Å². The summed E-state index contributed by atoms with van der Waals surface area (Å²) >= 11 is 0. The molecule has 0 heterocycles. The van der Waals surface area contributed by atoms with Crippen LogP contribution < -0.4 is 20.1 Å². The summed E-state index contributed by atoms with van der Waals surface area (Å²) in [6.07, 6.45) is -4.48. The number of hydrogen-bond acceptors (Lipinski definition) is 4. The fourth-order valence-corrected chi connectivity index (χ4v) is 2.48. The Labute approximate surface area is 155 Å². The van der Waals surface area contributed by atoms with E-state index in [0.717, 1.165) is 11.6 Å². The summed E-state index contributed by atoms with van der Waals surface area (Å²) in [6, 6.07) is 10.3. The summed E-state index contributed by atoms with van der Waals surface area (Å²) in [5.41, 5.74) is -0.179. The van der Waals surface area contributed by atoms with Gasteiger partial charge >= 0.3 is 6.18 Å². The Hall–Kier alpha value is -2.74. The Bertz CT molecular complexity index is 779. The van der Waals surface area contributed by atoms with Crippen LogP contribution >= 0.6 is 0 Å². The third-order valence-electron chi connectivity index (χ3n) is 3.81. The lowest BCUT2D eigenvalue weighted by Gasteiger charge is -2.13. The van der Waals surface area contributed by atoms with Gasteiger partial charge in [0.2, 0.25) is 5.91 Å². The van der Waals surface area contributed by atoms with Crippen molar-refractivity contribution in [2.75, 3.05) is 26.1 Å². The standard InChI is InChI=1S/C19H21F3N2O3/c1-26-16-8-7-13(11-17(16)27-2)12-23-10-9-18(25)24-15-6-4-3-5-14(15)19(20,21)22/h3-8,11,23H,9-10,12H2,1-2H3,(H,24,25). The molecule has 0 atom stereocenters. The molecule has 2 aromatic rings. The number of hydrogen-bond donors (Lipinski definition) is 2. The Balaban J connectivity index is 1.84. The van der Waals surface area contributed by atoms with E-state index in [1.54, 1.807) is 13.2 Å². The minimum Gasteiger partial charge on any atom is -0.493 e. The molecule has 2 aromatic carbocycles. The van der Waals surface area contributed by atoms with E-state index in [2.05, 4.69) is 10.6 Å². The first-order chi connectivity index (χ1) is 12.8. The van der Waals surface area contributed by atoms with Crippen molar-refractivity contribution in [2.24, 2.45) is 0 Å². The number of alkyl halides is 3. The van der Waals surface area contributed by atoms with Gasteiger partial charge in [-0.2, -0.15) is 13.2 Å². The predicted octanol–water partition coefficient (Wildman–Crippen LogP) is 3.84. The summed E-state index contributed by atoms with van der Waals surface area (Å²) in [4.78, 5) is 11.9. The molecular weight excluding hydrogens is 361 g/mol. The van der Waals surface area contributed by atoms with Gasteiger partial charge in [0.1, 0.15) is 0 Å². The molecule has 0 saturated heterocycles. The molecule has 0 aliphatic heterocycles. The number of benzene rings is 2. The number of anilines is 1. The van der Waals surface area contributed by atoms with Crippen LogP contribution in [0.5, 0.6) is 11.5 Å². The highest BCUT2D eigenvalue weighted by molar-refractivity contribution is 5.91. The summed E-state index contributed by atoms with van der Waals surface area (Å²) in [6.45, 7) is 0.793. The van der Waals surface area contributed by atoms with Crippen LogP contribution in [0, 0.1) is 0 Å². The SMILES string of the molecule is COc1ccc(CNCCC(=O)Nc2ccccc2C(F)(F)F)cc1OC. The molecule has 0 bridgehead atoms. The van der Waals surface area contributed by atoms with Gasteiger partial charge in [0, 0.05) is 19.5 Å². The largest absolute Gasteiger partial charge is 0.493 e. The molecule has 0 spiro atoms. The van der Waals surface area contributed by atoms with Gasteiger partial charge in [0.05, 0.1) is 25.5 Å². The number of amides is 1. The monoisotopic (exact) mass is 382 g/mol. The van der Waals surface area contributed by atoms with E-state index < -0.39 is 17.6 Å². The van der Waals surface area contributed by atoms with E-state index in [9.17, 15) is 18.0 Å².